The van der Waals surface area contributed by atoms with Gasteiger partial charge in [0.15, 0.2) is 0 Å². The number of urea groups is 1. The molecule has 1 atom stereocenters. The maximum absolute atomic E-state index is 11.1. The highest BCUT2D eigenvalue weighted by atomic mass is 16.2. The average molecular weight is 203 g/mol. The first-order valence-corrected chi connectivity index (χ1v) is 4.45. The van der Waals surface area contributed by atoms with E-state index in [1.54, 1.807) is 6.21 Å². The number of amides is 3. The Hall–Kier alpha value is -2.17. The van der Waals surface area contributed by atoms with Crippen molar-refractivity contribution in [2.75, 3.05) is 0 Å². The van der Waals surface area contributed by atoms with Gasteiger partial charge in [-0.3, -0.25) is 15.1 Å². The van der Waals surface area contributed by atoms with Gasteiger partial charge in [-0.2, -0.15) is 0 Å². The van der Waals surface area contributed by atoms with E-state index in [1.807, 2.05) is 30.3 Å². The molecule has 0 aromatic heterocycles. The number of nitrogens with one attached hydrogen (secondary N) is 2. The standard InChI is InChI=1S/C10H9N3O2/c14-9-8(12-10(15)13-9)11-6-7-4-2-1-3-5-7/h1-6,8H,(H2,12,13,14,15). The smallest absolute Gasteiger partial charge is 0.308 e. The summed E-state index contributed by atoms with van der Waals surface area (Å²) in [6.07, 6.45) is 0.744. The SMILES string of the molecule is O=C1NC(=O)C(N=Cc2ccccc2)N1. The van der Waals surface area contributed by atoms with Crippen LogP contribution in [-0.4, -0.2) is 24.3 Å². The van der Waals surface area contributed by atoms with Gasteiger partial charge in [0.1, 0.15) is 0 Å². The molecule has 76 valence electrons. The summed E-state index contributed by atoms with van der Waals surface area (Å²) in [7, 11) is 0. The Morgan fingerprint density at radius 2 is 1.93 bits per heavy atom. The van der Waals surface area contributed by atoms with E-state index in [0.717, 1.165) is 5.56 Å². The lowest BCUT2D eigenvalue weighted by Crippen LogP contribution is -2.26. The first-order chi connectivity index (χ1) is 7.25. The lowest BCUT2D eigenvalue weighted by molar-refractivity contribution is -0.119. The number of rotatable bonds is 2. The van der Waals surface area contributed by atoms with Crippen LogP contribution in [0.4, 0.5) is 4.79 Å². The second-order valence-electron chi connectivity index (χ2n) is 3.05. The van der Waals surface area contributed by atoms with E-state index in [2.05, 4.69) is 15.6 Å². The van der Waals surface area contributed by atoms with E-state index < -0.39 is 18.1 Å². The summed E-state index contributed by atoms with van der Waals surface area (Å²) in [6, 6.07) is 8.84. The Labute approximate surface area is 86.2 Å². The number of aliphatic imine (C=N–C) groups is 1. The van der Waals surface area contributed by atoms with Gasteiger partial charge < -0.3 is 5.32 Å². The molecule has 3 amide bonds. The topological polar surface area (TPSA) is 70.6 Å². The summed E-state index contributed by atoms with van der Waals surface area (Å²) >= 11 is 0. The van der Waals surface area contributed by atoms with Crippen molar-refractivity contribution >= 4 is 18.2 Å². The zero-order valence-electron chi connectivity index (χ0n) is 7.81. The van der Waals surface area contributed by atoms with Gasteiger partial charge in [0.05, 0.1) is 0 Å². The van der Waals surface area contributed by atoms with Crippen LogP contribution in [0.15, 0.2) is 35.3 Å². The van der Waals surface area contributed by atoms with Gasteiger partial charge in [0.2, 0.25) is 6.17 Å². The fourth-order valence-corrected chi connectivity index (χ4v) is 1.21. The summed E-state index contributed by atoms with van der Waals surface area (Å²) in [5, 5.41) is 4.48. The minimum Gasteiger partial charge on any atom is -0.308 e. The summed E-state index contributed by atoms with van der Waals surface area (Å²) in [5.41, 5.74) is 0.881. The van der Waals surface area contributed by atoms with Crippen molar-refractivity contribution < 1.29 is 9.59 Å². The minimum absolute atomic E-state index is 0.424. The van der Waals surface area contributed by atoms with E-state index in [0.29, 0.717) is 0 Å². The molecular weight excluding hydrogens is 194 g/mol. The number of benzene rings is 1. The number of carbonyl (C=O) groups is 2. The van der Waals surface area contributed by atoms with Crippen LogP contribution >= 0.6 is 0 Å². The maximum Gasteiger partial charge on any atom is 0.323 e. The molecule has 0 radical (unpaired) electrons. The molecule has 1 fully saturated rings. The second-order valence-corrected chi connectivity index (χ2v) is 3.05. The molecule has 0 saturated carbocycles. The van der Waals surface area contributed by atoms with Crippen LogP contribution < -0.4 is 10.6 Å². The summed E-state index contributed by atoms with van der Waals surface area (Å²) in [4.78, 5) is 25.8. The fraction of sp³-hybridized carbons (Fsp3) is 0.100. The lowest BCUT2D eigenvalue weighted by Gasteiger charge is -1.98. The molecule has 1 aromatic carbocycles. The van der Waals surface area contributed by atoms with E-state index in [1.165, 1.54) is 0 Å². The van der Waals surface area contributed by atoms with Gasteiger partial charge in [-0.15, -0.1) is 0 Å². The third-order valence-corrected chi connectivity index (χ3v) is 1.93. The molecule has 2 N–H and O–H groups in total. The molecule has 1 aliphatic rings. The van der Waals surface area contributed by atoms with Crippen LogP contribution in [0.3, 0.4) is 0 Å². The van der Waals surface area contributed by atoms with Crippen LogP contribution in [0.1, 0.15) is 5.56 Å². The fourth-order valence-electron chi connectivity index (χ4n) is 1.21. The van der Waals surface area contributed by atoms with Crippen LogP contribution in [0, 0.1) is 0 Å². The van der Waals surface area contributed by atoms with Crippen molar-refractivity contribution in [1.29, 1.82) is 0 Å². The van der Waals surface area contributed by atoms with Crippen LogP contribution in [-0.2, 0) is 4.79 Å². The third kappa shape index (κ3) is 2.19. The molecule has 1 saturated heterocycles. The molecule has 15 heavy (non-hydrogen) atoms. The average Bonchev–Trinajstić information content (AvgIpc) is 2.56. The van der Waals surface area contributed by atoms with Gasteiger partial charge >= 0.3 is 6.03 Å². The normalized spacial score (nSPS) is 20.4. The van der Waals surface area contributed by atoms with Gasteiger partial charge in [-0.1, -0.05) is 30.3 Å². The van der Waals surface area contributed by atoms with E-state index in [9.17, 15) is 9.59 Å². The minimum atomic E-state index is -0.808. The van der Waals surface area contributed by atoms with Crippen LogP contribution in [0.2, 0.25) is 0 Å². The maximum atomic E-state index is 11.1. The number of imide groups is 1. The molecule has 5 nitrogen and oxygen atoms in total. The van der Waals surface area contributed by atoms with Gasteiger partial charge in [0.25, 0.3) is 5.91 Å². The van der Waals surface area contributed by atoms with E-state index in [4.69, 9.17) is 0 Å². The zero-order valence-corrected chi connectivity index (χ0v) is 7.81. The monoisotopic (exact) mass is 203 g/mol. The summed E-state index contributed by atoms with van der Waals surface area (Å²) in [6.45, 7) is 0. The van der Waals surface area contributed by atoms with Crippen LogP contribution in [0.25, 0.3) is 0 Å². The van der Waals surface area contributed by atoms with Gasteiger partial charge in [0, 0.05) is 6.21 Å². The molecule has 1 heterocycles. The molecule has 0 spiro atoms. The number of carbonyl (C=O) groups excluding carboxylic acids is 2. The number of nitrogens with zero attached hydrogens (tertiary/aromatic N) is 1. The Bertz CT molecular complexity index is 414. The highest BCUT2D eigenvalue weighted by Crippen LogP contribution is 1.98. The van der Waals surface area contributed by atoms with Crippen molar-refractivity contribution in [3.05, 3.63) is 35.9 Å². The number of hydrogen-bond acceptors (Lipinski definition) is 3. The molecule has 1 aromatic rings. The lowest BCUT2D eigenvalue weighted by atomic mass is 10.2. The van der Waals surface area contributed by atoms with Crippen molar-refractivity contribution in [3.63, 3.8) is 0 Å². The molecule has 5 heteroatoms. The van der Waals surface area contributed by atoms with Crippen molar-refractivity contribution in [2.45, 2.75) is 6.17 Å². The first-order valence-electron chi connectivity index (χ1n) is 4.45. The molecule has 0 aliphatic carbocycles. The Kier molecular flexibility index (Phi) is 2.45. The predicted octanol–water partition coefficient (Wildman–Crippen LogP) is 0.271. The van der Waals surface area contributed by atoms with E-state index in [-0.39, 0.29) is 0 Å². The molecular formula is C10H9N3O2. The third-order valence-electron chi connectivity index (χ3n) is 1.93. The molecule has 1 unspecified atom stereocenters. The van der Waals surface area contributed by atoms with Crippen molar-refractivity contribution in [1.82, 2.24) is 10.6 Å². The second kappa shape index (κ2) is 3.91. The Morgan fingerprint density at radius 3 is 2.53 bits per heavy atom. The summed E-state index contributed by atoms with van der Waals surface area (Å²) in [5.74, 6) is -0.424. The highest BCUT2D eigenvalue weighted by Gasteiger charge is 2.27. The highest BCUT2D eigenvalue weighted by molar-refractivity contribution is 6.04. The molecule has 1 aliphatic heterocycles. The number of hydrogen-bond donors (Lipinski definition) is 2. The Balaban J connectivity index is 2.06. The van der Waals surface area contributed by atoms with Gasteiger partial charge in [-0.25, -0.2) is 4.79 Å². The van der Waals surface area contributed by atoms with Crippen molar-refractivity contribution in [2.24, 2.45) is 4.99 Å². The molecule has 2 rings (SSSR count). The Morgan fingerprint density at radius 1 is 1.20 bits per heavy atom. The summed E-state index contributed by atoms with van der Waals surface area (Å²) < 4.78 is 0. The first kappa shape index (κ1) is 9.39. The largest absolute Gasteiger partial charge is 0.323 e. The quantitative estimate of drug-likeness (QED) is 0.535. The van der Waals surface area contributed by atoms with Crippen molar-refractivity contribution in [3.8, 4) is 0 Å². The zero-order chi connectivity index (χ0) is 10.7. The molecule has 0 bridgehead atoms. The predicted molar refractivity (Wildman–Crippen MR) is 54.5 cm³/mol. The van der Waals surface area contributed by atoms with E-state index >= 15 is 0 Å². The van der Waals surface area contributed by atoms with Crippen LogP contribution in [0.5, 0.6) is 0 Å². The van der Waals surface area contributed by atoms with Gasteiger partial charge in [-0.05, 0) is 5.56 Å².